The summed E-state index contributed by atoms with van der Waals surface area (Å²) in [4.78, 5) is 10.8. The van der Waals surface area contributed by atoms with Gasteiger partial charge in [-0.1, -0.05) is 0 Å². The molecule has 17 heavy (non-hydrogen) atoms. The van der Waals surface area contributed by atoms with Crippen LogP contribution in [0.5, 0.6) is 11.5 Å². The van der Waals surface area contributed by atoms with Crippen molar-refractivity contribution in [1.29, 1.82) is 0 Å². The van der Waals surface area contributed by atoms with E-state index in [2.05, 4.69) is 0 Å². The van der Waals surface area contributed by atoms with Crippen molar-refractivity contribution in [2.24, 2.45) is 0 Å². The fraction of sp³-hybridized carbons (Fsp3) is 0.417. The fourth-order valence-electron chi connectivity index (χ4n) is 1.27. The van der Waals surface area contributed by atoms with Crippen LogP contribution in [0.3, 0.4) is 0 Å². The van der Waals surface area contributed by atoms with E-state index in [1.54, 1.807) is 6.07 Å². The summed E-state index contributed by atoms with van der Waals surface area (Å²) in [7, 11) is 1.47. The summed E-state index contributed by atoms with van der Waals surface area (Å²) in [6, 6.07) is 4.48. The van der Waals surface area contributed by atoms with Gasteiger partial charge in [0.2, 0.25) is 0 Å². The summed E-state index contributed by atoms with van der Waals surface area (Å²) in [5, 5.41) is 8.83. The van der Waals surface area contributed by atoms with E-state index < -0.39 is 5.97 Å². The first-order valence-corrected chi connectivity index (χ1v) is 5.31. The number of hydrogen-bond acceptors (Lipinski definition) is 4. The predicted molar refractivity (Wildman–Crippen MR) is 61.9 cm³/mol. The molecule has 94 valence electrons. The summed E-state index contributed by atoms with van der Waals surface area (Å²) in [5.74, 6) is -0.0808. The lowest BCUT2D eigenvalue weighted by atomic mass is 10.2. The van der Waals surface area contributed by atoms with Crippen LogP contribution in [0.4, 0.5) is 0 Å². The van der Waals surface area contributed by atoms with Crippen molar-refractivity contribution in [3.8, 4) is 11.5 Å². The lowest BCUT2D eigenvalue weighted by Gasteiger charge is -2.11. The van der Waals surface area contributed by atoms with Gasteiger partial charge < -0.3 is 19.3 Å². The number of methoxy groups -OCH3 is 1. The summed E-state index contributed by atoms with van der Waals surface area (Å²) in [5.41, 5.74) is 0.166. The molecule has 0 aliphatic rings. The van der Waals surface area contributed by atoms with Gasteiger partial charge in [-0.25, -0.2) is 4.79 Å². The molecule has 0 unspecified atom stereocenters. The zero-order valence-corrected chi connectivity index (χ0v) is 9.93. The average molecular weight is 240 g/mol. The molecule has 0 atom stereocenters. The summed E-state index contributed by atoms with van der Waals surface area (Å²) in [6.07, 6.45) is 0. The van der Waals surface area contributed by atoms with Crippen LogP contribution in [0.25, 0.3) is 0 Å². The van der Waals surface area contributed by atoms with Crippen molar-refractivity contribution in [3.05, 3.63) is 23.8 Å². The minimum Gasteiger partial charge on any atom is -0.493 e. The molecule has 0 saturated heterocycles. The zero-order valence-electron chi connectivity index (χ0n) is 9.93. The molecular formula is C12H16O5. The molecule has 0 bridgehead atoms. The Morgan fingerprint density at radius 3 is 2.65 bits per heavy atom. The highest BCUT2D eigenvalue weighted by Gasteiger charge is 2.09. The second kappa shape index (κ2) is 6.75. The molecule has 1 N–H and O–H groups in total. The van der Waals surface area contributed by atoms with Crippen molar-refractivity contribution >= 4 is 5.97 Å². The molecule has 0 aliphatic heterocycles. The highest BCUT2D eigenvalue weighted by atomic mass is 16.5. The third-order valence-corrected chi connectivity index (χ3v) is 2.10. The van der Waals surface area contributed by atoms with Crippen LogP contribution in [-0.4, -0.2) is 38.0 Å². The van der Waals surface area contributed by atoms with Gasteiger partial charge in [0.1, 0.15) is 6.61 Å². The standard InChI is InChI=1S/C12H16O5/c1-3-16-6-7-17-10-5-4-9(12(13)14)8-11(10)15-2/h4-5,8H,3,6-7H2,1-2H3,(H,13,14). The number of carboxylic acid groups (broad SMARTS) is 1. The molecule has 0 aliphatic carbocycles. The SMILES string of the molecule is CCOCCOc1ccc(C(=O)O)cc1OC. The van der Waals surface area contributed by atoms with Gasteiger partial charge in [-0.15, -0.1) is 0 Å². The first kappa shape index (κ1) is 13.3. The second-order valence-corrected chi connectivity index (χ2v) is 3.22. The van der Waals surface area contributed by atoms with Crippen LogP contribution in [0.15, 0.2) is 18.2 Å². The largest absolute Gasteiger partial charge is 0.493 e. The molecular weight excluding hydrogens is 224 g/mol. The second-order valence-electron chi connectivity index (χ2n) is 3.22. The fourth-order valence-corrected chi connectivity index (χ4v) is 1.27. The van der Waals surface area contributed by atoms with E-state index >= 15 is 0 Å². The highest BCUT2D eigenvalue weighted by Crippen LogP contribution is 2.27. The number of rotatable bonds is 7. The molecule has 1 rings (SSSR count). The molecule has 0 radical (unpaired) electrons. The summed E-state index contributed by atoms with van der Waals surface area (Å²) < 4.78 is 15.6. The Morgan fingerprint density at radius 1 is 1.29 bits per heavy atom. The third-order valence-electron chi connectivity index (χ3n) is 2.10. The Balaban J connectivity index is 2.68. The van der Waals surface area contributed by atoms with Crippen LogP contribution in [0.1, 0.15) is 17.3 Å². The molecule has 0 fully saturated rings. The predicted octanol–water partition coefficient (Wildman–Crippen LogP) is 1.81. The van der Waals surface area contributed by atoms with E-state index in [0.29, 0.717) is 31.3 Å². The van der Waals surface area contributed by atoms with E-state index in [-0.39, 0.29) is 5.56 Å². The normalized spacial score (nSPS) is 10.0. The Bertz CT molecular complexity index is 375. The maximum Gasteiger partial charge on any atom is 0.335 e. The van der Waals surface area contributed by atoms with Gasteiger partial charge in [0, 0.05) is 6.61 Å². The summed E-state index contributed by atoms with van der Waals surface area (Å²) in [6.45, 7) is 3.43. The van der Waals surface area contributed by atoms with Crippen molar-refractivity contribution in [3.63, 3.8) is 0 Å². The quantitative estimate of drug-likeness (QED) is 0.736. The van der Waals surface area contributed by atoms with Crippen LogP contribution in [-0.2, 0) is 4.74 Å². The van der Waals surface area contributed by atoms with Gasteiger partial charge in [-0.2, -0.15) is 0 Å². The first-order valence-electron chi connectivity index (χ1n) is 5.31. The van der Waals surface area contributed by atoms with Gasteiger partial charge in [0.05, 0.1) is 19.3 Å². The zero-order chi connectivity index (χ0) is 12.7. The van der Waals surface area contributed by atoms with Crippen LogP contribution < -0.4 is 9.47 Å². The Labute approximate surface area is 99.9 Å². The monoisotopic (exact) mass is 240 g/mol. The first-order chi connectivity index (χ1) is 8.19. The maximum atomic E-state index is 10.8. The van der Waals surface area contributed by atoms with Crippen molar-refractivity contribution < 1.29 is 24.1 Å². The van der Waals surface area contributed by atoms with E-state index in [1.807, 2.05) is 6.92 Å². The molecule has 0 amide bonds. The van der Waals surface area contributed by atoms with Crippen LogP contribution in [0, 0.1) is 0 Å². The average Bonchev–Trinajstić information content (AvgIpc) is 2.34. The highest BCUT2D eigenvalue weighted by molar-refractivity contribution is 5.88. The van der Waals surface area contributed by atoms with E-state index in [9.17, 15) is 4.79 Å². The Kier molecular flexibility index (Phi) is 5.29. The van der Waals surface area contributed by atoms with Crippen molar-refractivity contribution in [2.75, 3.05) is 26.9 Å². The van der Waals surface area contributed by atoms with Gasteiger partial charge in [-0.05, 0) is 25.1 Å². The smallest absolute Gasteiger partial charge is 0.335 e. The van der Waals surface area contributed by atoms with Gasteiger partial charge in [0.15, 0.2) is 11.5 Å². The maximum absolute atomic E-state index is 10.8. The number of ether oxygens (including phenoxy) is 3. The van der Waals surface area contributed by atoms with Crippen LogP contribution in [0.2, 0.25) is 0 Å². The topological polar surface area (TPSA) is 65.0 Å². The molecule has 0 saturated carbocycles. The van der Waals surface area contributed by atoms with E-state index in [4.69, 9.17) is 19.3 Å². The van der Waals surface area contributed by atoms with Crippen molar-refractivity contribution in [2.45, 2.75) is 6.92 Å². The Morgan fingerprint density at radius 2 is 2.06 bits per heavy atom. The Hall–Kier alpha value is -1.75. The minimum atomic E-state index is -0.996. The van der Waals surface area contributed by atoms with Gasteiger partial charge in [-0.3, -0.25) is 0 Å². The van der Waals surface area contributed by atoms with E-state index in [0.717, 1.165) is 0 Å². The summed E-state index contributed by atoms with van der Waals surface area (Å²) >= 11 is 0. The molecule has 5 heteroatoms. The number of carboxylic acids is 1. The number of benzene rings is 1. The lowest BCUT2D eigenvalue weighted by molar-refractivity contribution is 0.0696. The van der Waals surface area contributed by atoms with Crippen LogP contribution >= 0.6 is 0 Å². The molecule has 0 spiro atoms. The van der Waals surface area contributed by atoms with E-state index in [1.165, 1.54) is 19.2 Å². The van der Waals surface area contributed by atoms with Gasteiger partial charge >= 0.3 is 5.97 Å². The molecule has 0 heterocycles. The molecule has 0 aromatic heterocycles. The molecule has 1 aromatic rings. The number of aromatic carboxylic acids is 1. The molecule has 5 nitrogen and oxygen atoms in total. The minimum absolute atomic E-state index is 0.166. The van der Waals surface area contributed by atoms with Crippen molar-refractivity contribution in [1.82, 2.24) is 0 Å². The van der Waals surface area contributed by atoms with Gasteiger partial charge in [0.25, 0.3) is 0 Å². The lowest BCUT2D eigenvalue weighted by Crippen LogP contribution is -2.07. The number of hydrogen-bond donors (Lipinski definition) is 1. The third kappa shape index (κ3) is 3.96. The number of carbonyl (C=O) groups is 1. The molecule has 1 aromatic carbocycles.